The van der Waals surface area contributed by atoms with E-state index >= 15 is 0 Å². The minimum Gasteiger partial charge on any atom is -0.338 e. The van der Waals surface area contributed by atoms with E-state index in [4.69, 9.17) is 28.2 Å². The van der Waals surface area contributed by atoms with E-state index < -0.39 is 11.6 Å². The summed E-state index contributed by atoms with van der Waals surface area (Å²) in [7, 11) is 0. The molecule has 2 aromatic rings. The second-order valence-corrected chi connectivity index (χ2v) is 15.5. The maximum Gasteiger partial charge on any atom is 0.248 e. The Morgan fingerprint density at radius 1 is 1.09 bits per heavy atom. The van der Waals surface area contributed by atoms with Crippen LogP contribution in [-0.4, -0.2) is 80.3 Å². The molecule has 3 fully saturated rings. The summed E-state index contributed by atoms with van der Waals surface area (Å²) in [4.78, 5) is 46.1. The van der Waals surface area contributed by atoms with E-state index in [1.165, 1.54) is 11.8 Å². The Bertz CT molecular complexity index is 1570. The van der Waals surface area contributed by atoms with Crippen molar-refractivity contribution >= 4 is 51.8 Å². The highest BCUT2D eigenvalue weighted by molar-refractivity contribution is 8.18. The van der Waals surface area contributed by atoms with Crippen LogP contribution in [-0.2, 0) is 15.1 Å². The first-order valence-corrected chi connectivity index (χ1v) is 17.6. The van der Waals surface area contributed by atoms with Crippen LogP contribution in [0.1, 0.15) is 70.5 Å². The number of carbonyl (C=O) groups excluding carboxylic acids is 2. The quantitative estimate of drug-likeness (QED) is 0.286. The third kappa shape index (κ3) is 5.42. The Labute approximate surface area is 279 Å². The zero-order chi connectivity index (χ0) is 31.7. The molecular weight excluding hydrogens is 627 g/mol. The molecule has 1 N–H and O–H groups in total. The largest absolute Gasteiger partial charge is 0.338 e. The Hall–Kier alpha value is -2.43. The van der Waals surface area contributed by atoms with E-state index in [0.29, 0.717) is 28.2 Å². The highest BCUT2D eigenvalue weighted by atomic mass is 35.5. The predicted molar refractivity (Wildman–Crippen MR) is 180 cm³/mol. The van der Waals surface area contributed by atoms with Crippen LogP contribution in [0.4, 0.5) is 0 Å². The van der Waals surface area contributed by atoms with Gasteiger partial charge < -0.3 is 15.1 Å². The van der Waals surface area contributed by atoms with Crippen molar-refractivity contribution in [1.82, 2.24) is 25.0 Å². The second-order valence-electron chi connectivity index (χ2n) is 13.7. The van der Waals surface area contributed by atoms with Gasteiger partial charge in [-0.15, -0.1) is 0 Å². The number of hydrogen-bond donors (Lipinski definition) is 1. The number of benzene rings is 1. The molecule has 1 aliphatic carbocycles. The Balaban J connectivity index is 1.31. The van der Waals surface area contributed by atoms with Gasteiger partial charge >= 0.3 is 0 Å². The van der Waals surface area contributed by atoms with Crippen LogP contribution < -0.4 is 5.32 Å². The molecule has 1 unspecified atom stereocenters. The van der Waals surface area contributed by atoms with Crippen LogP contribution in [0.2, 0.25) is 10.2 Å². The van der Waals surface area contributed by atoms with E-state index in [1.807, 2.05) is 35.2 Å². The van der Waals surface area contributed by atoms with Gasteiger partial charge in [-0.3, -0.25) is 14.5 Å². The number of nitrogens with zero attached hydrogens (tertiary/aromatic N) is 5. The highest BCUT2D eigenvalue weighted by Gasteiger charge is 2.55. The van der Waals surface area contributed by atoms with Crippen molar-refractivity contribution in [2.75, 3.05) is 26.2 Å². The zero-order valence-corrected chi connectivity index (χ0v) is 28.6. The van der Waals surface area contributed by atoms with Gasteiger partial charge in [0.2, 0.25) is 5.91 Å². The SMILES string of the molecule is CC(C)C1=C(C(=O)C(C(=O)N2CCNC3(CC3)C2)N2CCC[C@H]2C)SC2=N[C@@](C)(c3ccc(Cl)nc3)[C@@H](c3ccc(Cl)cc3)N21. The van der Waals surface area contributed by atoms with Crippen LogP contribution >= 0.6 is 35.0 Å². The molecule has 1 amide bonds. The van der Waals surface area contributed by atoms with Crippen molar-refractivity contribution < 1.29 is 9.59 Å². The van der Waals surface area contributed by atoms with Crippen LogP contribution in [0.5, 0.6) is 0 Å². The van der Waals surface area contributed by atoms with Crippen LogP contribution in [0.25, 0.3) is 0 Å². The number of likely N-dealkylation sites (tertiary alicyclic amines) is 1. The van der Waals surface area contributed by atoms with Gasteiger partial charge in [0, 0.05) is 53.7 Å². The molecule has 2 saturated heterocycles. The molecule has 0 radical (unpaired) electrons. The molecule has 5 aliphatic rings. The number of aromatic nitrogens is 1. The molecule has 238 valence electrons. The standard InChI is InChI=1S/C34H40Cl2N6O2S/c1-20(2)26-29(28(43)27(41-16-5-6-21(41)3)31(44)40-17-15-38-34(19-40)13-14-34)45-32-39-33(4,23-9-12-25(36)37-18-23)30(42(26)32)22-7-10-24(35)11-8-22/h7-12,18,20-21,27,30,38H,5-6,13-17,19H2,1-4H3/t21-,27?,30-,33+/m1/s1. The van der Waals surface area contributed by atoms with Gasteiger partial charge in [-0.25, -0.2) is 9.98 Å². The number of piperazine rings is 1. The fourth-order valence-electron chi connectivity index (χ4n) is 7.65. The summed E-state index contributed by atoms with van der Waals surface area (Å²) in [5.41, 5.74) is 2.20. The molecular formula is C34H40Cl2N6O2S. The molecule has 45 heavy (non-hydrogen) atoms. The van der Waals surface area contributed by atoms with Crippen molar-refractivity contribution in [2.24, 2.45) is 10.9 Å². The van der Waals surface area contributed by atoms with E-state index in [1.54, 1.807) is 12.3 Å². The number of rotatable bonds is 7. The molecule has 5 heterocycles. The first-order chi connectivity index (χ1) is 21.5. The van der Waals surface area contributed by atoms with E-state index in [0.717, 1.165) is 60.8 Å². The fraction of sp³-hybridized carbons (Fsp3) is 0.529. The molecule has 1 aromatic carbocycles. The lowest BCUT2D eigenvalue weighted by Crippen LogP contribution is -2.60. The number of halogens is 2. The highest BCUT2D eigenvalue weighted by Crippen LogP contribution is 2.56. The molecule has 8 nitrogen and oxygen atoms in total. The average Bonchev–Trinajstić information content (AvgIpc) is 3.30. The number of amides is 1. The van der Waals surface area contributed by atoms with Crippen LogP contribution in [0, 0.1) is 5.92 Å². The number of aliphatic imine (C=N–C) groups is 1. The van der Waals surface area contributed by atoms with E-state index in [2.05, 4.69) is 47.8 Å². The maximum absolute atomic E-state index is 14.9. The Kier molecular flexibility index (Phi) is 8.09. The summed E-state index contributed by atoms with van der Waals surface area (Å²) < 4.78 is 0. The number of Topliss-reactive ketones (excluding diaryl/α,β-unsaturated/α-hetero) is 1. The number of nitrogens with one attached hydrogen (secondary N) is 1. The van der Waals surface area contributed by atoms with Gasteiger partial charge in [0.15, 0.2) is 17.0 Å². The zero-order valence-electron chi connectivity index (χ0n) is 26.2. The number of ketones is 1. The van der Waals surface area contributed by atoms with Gasteiger partial charge in [-0.05, 0) is 87.5 Å². The number of pyridine rings is 1. The first kappa shape index (κ1) is 31.2. The van der Waals surface area contributed by atoms with Crippen LogP contribution in [0.15, 0.2) is 58.2 Å². The van der Waals surface area contributed by atoms with Crippen molar-refractivity contribution in [3.8, 4) is 0 Å². The number of amidine groups is 1. The molecule has 1 aromatic heterocycles. The minimum absolute atomic E-state index is 0.00492. The molecule has 1 saturated carbocycles. The molecule has 7 rings (SSSR count). The van der Waals surface area contributed by atoms with E-state index in [-0.39, 0.29) is 35.2 Å². The summed E-state index contributed by atoms with van der Waals surface area (Å²) >= 11 is 13.9. The minimum atomic E-state index is -0.839. The smallest absolute Gasteiger partial charge is 0.248 e. The molecule has 1 spiro atoms. The number of hydrogen-bond acceptors (Lipinski definition) is 8. The van der Waals surface area contributed by atoms with Gasteiger partial charge in [-0.2, -0.15) is 0 Å². The van der Waals surface area contributed by atoms with Crippen molar-refractivity contribution in [3.63, 3.8) is 0 Å². The van der Waals surface area contributed by atoms with Gasteiger partial charge in [-0.1, -0.05) is 55.2 Å². The lowest BCUT2D eigenvalue weighted by molar-refractivity contribution is -0.143. The molecule has 0 bridgehead atoms. The maximum atomic E-state index is 14.9. The normalized spacial score (nSPS) is 28.2. The topological polar surface area (TPSA) is 81.1 Å². The predicted octanol–water partition coefficient (Wildman–Crippen LogP) is 6.02. The number of allylic oxidation sites excluding steroid dienone is 1. The van der Waals surface area contributed by atoms with Crippen molar-refractivity contribution in [3.05, 3.63) is 74.5 Å². The van der Waals surface area contributed by atoms with Gasteiger partial charge in [0.1, 0.15) is 10.7 Å². The average molecular weight is 668 g/mol. The molecule has 4 aliphatic heterocycles. The molecule has 11 heteroatoms. The monoisotopic (exact) mass is 666 g/mol. The van der Waals surface area contributed by atoms with Crippen molar-refractivity contribution in [2.45, 2.75) is 82.6 Å². The third-order valence-corrected chi connectivity index (χ3v) is 11.8. The summed E-state index contributed by atoms with van der Waals surface area (Å²) in [5.74, 6) is -0.156. The number of thioether (sulfide) groups is 1. The summed E-state index contributed by atoms with van der Waals surface area (Å²) in [6.45, 7) is 11.3. The number of carbonyl (C=O) groups is 2. The summed E-state index contributed by atoms with van der Waals surface area (Å²) in [6.07, 6.45) is 5.92. The lowest BCUT2D eigenvalue weighted by Gasteiger charge is -2.39. The molecule has 4 atom stereocenters. The lowest BCUT2D eigenvalue weighted by atomic mass is 9.81. The number of fused-ring (bicyclic) bond motifs is 1. The van der Waals surface area contributed by atoms with Crippen molar-refractivity contribution in [1.29, 1.82) is 0 Å². The van der Waals surface area contributed by atoms with Crippen LogP contribution in [0.3, 0.4) is 0 Å². The van der Waals surface area contributed by atoms with Gasteiger partial charge in [0.25, 0.3) is 0 Å². The Morgan fingerprint density at radius 3 is 2.47 bits per heavy atom. The van der Waals surface area contributed by atoms with E-state index in [9.17, 15) is 9.59 Å². The Morgan fingerprint density at radius 2 is 1.84 bits per heavy atom. The summed E-state index contributed by atoms with van der Waals surface area (Å²) in [6, 6.07) is 10.7. The fourth-order valence-corrected chi connectivity index (χ4v) is 9.26. The van der Waals surface area contributed by atoms with Gasteiger partial charge in [0.05, 0.1) is 10.9 Å². The second kappa shape index (κ2) is 11.7. The third-order valence-electron chi connectivity index (χ3n) is 10.2. The summed E-state index contributed by atoms with van der Waals surface area (Å²) in [5, 5.41) is 5.44. The first-order valence-electron chi connectivity index (χ1n) is 16.0.